The van der Waals surface area contributed by atoms with Crippen molar-refractivity contribution in [2.75, 3.05) is 0 Å². The van der Waals surface area contributed by atoms with Gasteiger partial charge in [-0.2, -0.15) is 0 Å². The van der Waals surface area contributed by atoms with Crippen molar-refractivity contribution < 1.29 is 14.7 Å². The predicted molar refractivity (Wildman–Crippen MR) is 115 cm³/mol. The number of ketones is 1. The number of carbonyl (C=O) groups is 2. The summed E-state index contributed by atoms with van der Waals surface area (Å²) in [6.07, 6.45) is 18.3. The minimum atomic E-state index is -0.930. The van der Waals surface area contributed by atoms with Crippen LogP contribution in [0.5, 0.6) is 0 Å². The summed E-state index contributed by atoms with van der Waals surface area (Å²) >= 11 is 0. The molecule has 0 saturated heterocycles. The number of rotatable bonds is 16. The van der Waals surface area contributed by atoms with E-state index in [0.717, 1.165) is 13.0 Å². The highest BCUT2D eigenvalue weighted by atomic mass is 16.4. The predicted octanol–water partition coefficient (Wildman–Crippen LogP) is 5.68. The van der Waals surface area contributed by atoms with Gasteiger partial charge in [0.15, 0.2) is 5.78 Å². The van der Waals surface area contributed by atoms with Crippen LogP contribution in [0.25, 0.3) is 0 Å². The largest absolute Gasteiger partial charge is 0.481 e. The lowest BCUT2D eigenvalue weighted by molar-refractivity contribution is -0.136. The van der Waals surface area contributed by atoms with Gasteiger partial charge in [0.2, 0.25) is 0 Å². The summed E-state index contributed by atoms with van der Waals surface area (Å²) in [6.45, 7) is 1.08. The van der Waals surface area contributed by atoms with Gasteiger partial charge in [-0.05, 0) is 24.8 Å². The van der Waals surface area contributed by atoms with Crippen LogP contribution in [0.15, 0.2) is 43.0 Å². The van der Waals surface area contributed by atoms with Crippen molar-refractivity contribution in [3.8, 4) is 0 Å². The third kappa shape index (κ3) is 10.1. The monoisotopic (exact) mass is 398 g/mol. The van der Waals surface area contributed by atoms with Gasteiger partial charge < -0.3 is 9.67 Å². The average molecular weight is 399 g/mol. The van der Waals surface area contributed by atoms with Gasteiger partial charge in [-0.1, -0.05) is 69.2 Å². The maximum Gasteiger partial charge on any atom is 0.303 e. The Morgan fingerprint density at radius 2 is 1.45 bits per heavy atom. The van der Waals surface area contributed by atoms with Crippen molar-refractivity contribution in [2.24, 2.45) is 0 Å². The van der Waals surface area contributed by atoms with Gasteiger partial charge in [0.25, 0.3) is 0 Å². The summed E-state index contributed by atoms with van der Waals surface area (Å²) in [5.74, 6) is -1.03. The SMILES string of the molecule is O=C(O)CCC(=O)c1ccc(CCCCCCCCCCCn2ccnc2)cc1. The van der Waals surface area contributed by atoms with E-state index < -0.39 is 5.97 Å². The van der Waals surface area contributed by atoms with Crippen molar-refractivity contribution in [1.29, 1.82) is 0 Å². The Bertz CT molecular complexity index is 708. The molecule has 5 nitrogen and oxygen atoms in total. The molecule has 1 N–H and O–H groups in total. The van der Waals surface area contributed by atoms with Gasteiger partial charge in [0, 0.05) is 30.9 Å². The topological polar surface area (TPSA) is 72.2 Å². The molecule has 0 bridgehead atoms. The molecule has 2 aromatic rings. The van der Waals surface area contributed by atoms with Crippen LogP contribution in [-0.4, -0.2) is 26.4 Å². The maximum atomic E-state index is 11.9. The summed E-state index contributed by atoms with van der Waals surface area (Å²) in [5, 5.41) is 8.65. The molecule has 0 unspecified atom stereocenters. The molecular formula is C24H34N2O3. The molecule has 1 aromatic heterocycles. The zero-order valence-corrected chi connectivity index (χ0v) is 17.4. The summed E-state index contributed by atoms with van der Waals surface area (Å²) in [5.41, 5.74) is 1.86. The molecule has 0 aliphatic rings. The Labute approximate surface area is 174 Å². The fraction of sp³-hybridized carbons (Fsp3) is 0.542. The van der Waals surface area contributed by atoms with E-state index in [1.165, 1.54) is 63.4 Å². The smallest absolute Gasteiger partial charge is 0.303 e. The van der Waals surface area contributed by atoms with E-state index in [1.54, 1.807) is 0 Å². The number of aliphatic carboxylic acids is 1. The molecule has 0 amide bonds. The van der Waals surface area contributed by atoms with Crippen molar-refractivity contribution in [3.05, 3.63) is 54.1 Å². The fourth-order valence-electron chi connectivity index (χ4n) is 3.50. The molecule has 2 rings (SSSR count). The quantitative estimate of drug-likeness (QED) is 0.291. The van der Waals surface area contributed by atoms with Crippen molar-refractivity contribution in [1.82, 2.24) is 9.55 Å². The van der Waals surface area contributed by atoms with Crippen LogP contribution < -0.4 is 0 Å². The van der Waals surface area contributed by atoms with Crippen LogP contribution in [0.2, 0.25) is 0 Å². The van der Waals surface area contributed by atoms with E-state index in [-0.39, 0.29) is 18.6 Å². The first-order valence-electron chi connectivity index (χ1n) is 10.9. The molecular weight excluding hydrogens is 364 g/mol. The first-order chi connectivity index (χ1) is 14.1. The lowest BCUT2D eigenvalue weighted by Gasteiger charge is -2.05. The zero-order chi connectivity index (χ0) is 20.7. The molecule has 1 aromatic carbocycles. The number of benzene rings is 1. The van der Waals surface area contributed by atoms with Crippen molar-refractivity contribution >= 4 is 11.8 Å². The second-order valence-corrected chi connectivity index (χ2v) is 7.75. The van der Waals surface area contributed by atoms with Crippen molar-refractivity contribution in [2.45, 2.75) is 83.6 Å². The number of aryl methyl sites for hydroxylation is 2. The molecule has 158 valence electrons. The molecule has 5 heteroatoms. The highest BCUT2D eigenvalue weighted by Gasteiger charge is 2.08. The normalized spacial score (nSPS) is 10.9. The van der Waals surface area contributed by atoms with Gasteiger partial charge in [-0.25, -0.2) is 4.98 Å². The molecule has 0 aliphatic heterocycles. The molecule has 0 fully saturated rings. The summed E-state index contributed by atoms with van der Waals surface area (Å²) in [7, 11) is 0. The van der Waals surface area contributed by atoms with E-state index in [1.807, 2.05) is 43.0 Å². The van der Waals surface area contributed by atoms with E-state index >= 15 is 0 Å². The van der Waals surface area contributed by atoms with Crippen LogP contribution in [-0.2, 0) is 17.8 Å². The molecule has 0 aliphatic carbocycles. The average Bonchev–Trinajstić information content (AvgIpc) is 3.24. The highest BCUT2D eigenvalue weighted by Crippen LogP contribution is 2.14. The van der Waals surface area contributed by atoms with Crippen LogP contribution in [0.3, 0.4) is 0 Å². The molecule has 0 radical (unpaired) electrons. The van der Waals surface area contributed by atoms with Crippen LogP contribution in [0.1, 0.15) is 86.6 Å². The van der Waals surface area contributed by atoms with Crippen LogP contribution >= 0.6 is 0 Å². The Hall–Kier alpha value is -2.43. The maximum absolute atomic E-state index is 11.9. The third-order valence-corrected chi connectivity index (χ3v) is 5.28. The van der Waals surface area contributed by atoms with E-state index in [9.17, 15) is 9.59 Å². The number of carboxylic acid groups (broad SMARTS) is 1. The lowest BCUT2D eigenvalue weighted by Crippen LogP contribution is -2.03. The van der Waals surface area contributed by atoms with Gasteiger partial charge in [-0.3, -0.25) is 9.59 Å². The van der Waals surface area contributed by atoms with E-state index in [4.69, 9.17) is 5.11 Å². The second-order valence-electron chi connectivity index (χ2n) is 7.75. The van der Waals surface area contributed by atoms with E-state index in [2.05, 4.69) is 9.55 Å². The fourth-order valence-corrected chi connectivity index (χ4v) is 3.50. The summed E-state index contributed by atoms with van der Waals surface area (Å²) in [6, 6.07) is 7.65. The number of Topliss-reactive ketones (excluding diaryl/α,β-unsaturated/α-hetero) is 1. The number of hydrogen-bond acceptors (Lipinski definition) is 3. The van der Waals surface area contributed by atoms with Crippen LogP contribution in [0, 0.1) is 0 Å². The number of unbranched alkanes of at least 4 members (excludes halogenated alkanes) is 8. The number of carboxylic acids is 1. The van der Waals surface area contributed by atoms with Gasteiger partial charge >= 0.3 is 5.97 Å². The minimum Gasteiger partial charge on any atom is -0.481 e. The Balaban J connectivity index is 1.44. The number of aromatic nitrogens is 2. The van der Waals surface area contributed by atoms with Gasteiger partial charge in [0.1, 0.15) is 0 Å². The highest BCUT2D eigenvalue weighted by molar-refractivity contribution is 5.97. The summed E-state index contributed by atoms with van der Waals surface area (Å²) < 4.78 is 2.14. The zero-order valence-electron chi connectivity index (χ0n) is 17.4. The second kappa shape index (κ2) is 13.7. The Kier molecular flexibility index (Phi) is 10.8. The minimum absolute atomic E-state index is 0.0687. The molecule has 0 saturated carbocycles. The first-order valence-corrected chi connectivity index (χ1v) is 10.9. The number of nitrogens with zero attached hydrogens (tertiary/aromatic N) is 2. The summed E-state index contributed by atoms with van der Waals surface area (Å²) in [4.78, 5) is 26.5. The van der Waals surface area contributed by atoms with Gasteiger partial charge in [0.05, 0.1) is 12.7 Å². The Morgan fingerprint density at radius 3 is 2.03 bits per heavy atom. The van der Waals surface area contributed by atoms with Crippen molar-refractivity contribution in [3.63, 3.8) is 0 Å². The first kappa shape index (κ1) is 22.9. The van der Waals surface area contributed by atoms with Gasteiger partial charge in [-0.15, -0.1) is 0 Å². The third-order valence-electron chi connectivity index (χ3n) is 5.28. The Morgan fingerprint density at radius 1 is 0.828 bits per heavy atom. The molecule has 29 heavy (non-hydrogen) atoms. The molecule has 1 heterocycles. The molecule has 0 atom stereocenters. The molecule has 0 spiro atoms. The van der Waals surface area contributed by atoms with E-state index in [0.29, 0.717) is 5.56 Å². The number of imidazole rings is 1. The van der Waals surface area contributed by atoms with Crippen LogP contribution in [0.4, 0.5) is 0 Å². The number of carbonyl (C=O) groups excluding carboxylic acids is 1. The lowest BCUT2D eigenvalue weighted by atomic mass is 10.0. The standard InChI is InChI=1S/C24H34N2O3/c27-23(15-16-24(28)29)22-13-11-21(12-14-22)10-8-6-4-2-1-3-5-7-9-18-26-19-17-25-20-26/h11-14,17,19-20H,1-10,15-16,18H2,(H,28,29). The number of hydrogen-bond donors (Lipinski definition) is 1.